The summed E-state index contributed by atoms with van der Waals surface area (Å²) in [5.41, 5.74) is 6.98. The van der Waals surface area contributed by atoms with Crippen LogP contribution in [-0.2, 0) is 4.79 Å². The van der Waals surface area contributed by atoms with Crippen molar-refractivity contribution in [3.05, 3.63) is 34.9 Å². The van der Waals surface area contributed by atoms with E-state index >= 15 is 0 Å². The summed E-state index contributed by atoms with van der Waals surface area (Å²) in [7, 11) is 0. The van der Waals surface area contributed by atoms with Crippen LogP contribution >= 0.6 is 24.0 Å². The Hall–Kier alpha value is -0.770. The maximum Gasteiger partial charge on any atom is 0.224 e. The number of carbonyl (C=O) groups excluding carboxylic acids is 1. The minimum atomic E-state index is -0.179. The molecule has 0 aromatic heterocycles. The first-order valence-electron chi connectivity index (χ1n) is 7.80. The van der Waals surface area contributed by atoms with Gasteiger partial charge in [0.25, 0.3) is 0 Å². The largest absolute Gasteiger partial charge is 0.349 e. The molecule has 124 valence electrons. The monoisotopic (exact) mass is 344 g/mol. The lowest BCUT2D eigenvalue weighted by atomic mass is 9.90. The number of hydrogen-bond donors (Lipinski definition) is 2. The number of rotatable bonds is 5. The quantitative estimate of drug-likeness (QED) is 0.844. The molecule has 1 aliphatic rings. The van der Waals surface area contributed by atoms with Gasteiger partial charge in [-0.1, -0.05) is 43.5 Å². The van der Waals surface area contributed by atoms with E-state index in [0.717, 1.165) is 10.6 Å². The number of nitrogens with two attached hydrogens (primary N) is 1. The molecule has 22 heavy (non-hydrogen) atoms. The zero-order valence-corrected chi connectivity index (χ0v) is 14.8. The summed E-state index contributed by atoms with van der Waals surface area (Å²) < 4.78 is 0. The molecule has 0 aliphatic heterocycles. The van der Waals surface area contributed by atoms with E-state index in [-0.39, 0.29) is 36.3 Å². The number of nitrogens with one attached hydrogen (secondary N) is 1. The predicted molar refractivity (Wildman–Crippen MR) is 94.4 cm³/mol. The van der Waals surface area contributed by atoms with Gasteiger partial charge in [0.1, 0.15) is 0 Å². The summed E-state index contributed by atoms with van der Waals surface area (Å²) in [4.78, 5) is 12.4. The molecule has 1 aromatic rings. The summed E-state index contributed by atoms with van der Waals surface area (Å²) in [5.74, 6) is 0.369. The highest BCUT2D eigenvalue weighted by Gasteiger charge is 2.29. The van der Waals surface area contributed by atoms with Crippen molar-refractivity contribution < 1.29 is 4.79 Å². The van der Waals surface area contributed by atoms with E-state index in [1.165, 1.54) is 25.7 Å². The van der Waals surface area contributed by atoms with Crippen molar-refractivity contribution in [3.8, 4) is 0 Å². The zero-order chi connectivity index (χ0) is 15.4. The standard InChI is InChI=1S/C17H25ClN2O.ClH/c1-11(12(2)19)17(21)20-16(13-5-3-4-6-13)14-7-9-15(18)10-8-14;/h7-13,16H,3-6,19H2,1-2H3,(H,20,21);1H. The lowest BCUT2D eigenvalue weighted by molar-refractivity contribution is -0.126. The van der Waals surface area contributed by atoms with Crippen molar-refractivity contribution in [2.24, 2.45) is 17.6 Å². The maximum absolute atomic E-state index is 12.4. The molecule has 3 nitrogen and oxygen atoms in total. The van der Waals surface area contributed by atoms with Crippen molar-refractivity contribution in [3.63, 3.8) is 0 Å². The summed E-state index contributed by atoms with van der Waals surface area (Å²) in [6, 6.07) is 7.74. The van der Waals surface area contributed by atoms with E-state index < -0.39 is 0 Å². The number of amides is 1. The van der Waals surface area contributed by atoms with Gasteiger partial charge in [0, 0.05) is 17.0 Å². The Balaban J connectivity index is 0.00000242. The average Bonchev–Trinajstić information content (AvgIpc) is 2.98. The fourth-order valence-corrected chi connectivity index (χ4v) is 3.08. The van der Waals surface area contributed by atoms with Gasteiger partial charge in [-0.05, 0) is 43.4 Å². The lowest BCUT2D eigenvalue weighted by Crippen LogP contribution is -2.41. The van der Waals surface area contributed by atoms with Crippen molar-refractivity contribution in [1.82, 2.24) is 5.32 Å². The molecule has 1 amide bonds. The van der Waals surface area contributed by atoms with Gasteiger partial charge in [-0.3, -0.25) is 4.79 Å². The molecule has 0 heterocycles. The van der Waals surface area contributed by atoms with Crippen LogP contribution in [-0.4, -0.2) is 11.9 Å². The molecular weight excluding hydrogens is 319 g/mol. The van der Waals surface area contributed by atoms with Crippen LogP contribution in [0.3, 0.4) is 0 Å². The van der Waals surface area contributed by atoms with Gasteiger partial charge in [0.15, 0.2) is 0 Å². The highest BCUT2D eigenvalue weighted by atomic mass is 35.5. The molecule has 3 atom stereocenters. The van der Waals surface area contributed by atoms with Gasteiger partial charge in [-0.25, -0.2) is 0 Å². The molecule has 5 heteroatoms. The van der Waals surface area contributed by atoms with Crippen LogP contribution in [0, 0.1) is 11.8 Å². The first-order valence-corrected chi connectivity index (χ1v) is 8.18. The van der Waals surface area contributed by atoms with Crippen LogP contribution in [0.15, 0.2) is 24.3 Å². The van der Waals surface area contributed by atoms with Gasteiger partial charge in [-0.15, -0.1) is 12.4 Å². The Bertz CT molecular complexity index is 470. The summed E-state index contributed by atoms with van der Waals surface area (Å²) in [6.07, 6.45) is 4.82. The Kier molecular flexibility index (Phi) is 7.67. The molecule has 1 saturated carbocycles. The van der Waals surface area contributed by atoms with Gasteiger partial charge in [0.2, 0.25) is 5.91 Å². The molecule has 2 rings (SSSR count). The second-order valence-electron chi connectivity index (χ2n) is 6.23. The Morgan fingerprint density at radius 2 is 1.77 bits per heavy atom. The van der Waals surface area contributed by atoms with Crippen LogP contribution in [0.4, 0.5) is 0 Å². The third-order valence-electron chi connectivity index (χ3n) is 4.60. The van der Waals surface area contributed by atoms with Gasteiger partial charge >= 0.3 is 0 Å². The number of halogens is 2. The molecule has 3 N–H and O–H groups in total. The second kappa shape index (κ2) is 8.76. The summed E-state index contributed by atoms with van der Waals surface area (Å²) >= 11 is 5.97. The fourth-order valence-electron chi connectivity index (χ4n) is 2.96. The number of hydrogen-bond acceptors (Lipinski definition) is 2. The minimum absolute atomic E-state index is 0. The normalized spacial score (nSPS) is 19.1. The van der Waals surface area contributed by atoms with E-state index in [9.17, 15) is 4.79 Å². The van der Waals surface area contributed by atoms with E-state index in [0.29, 0.717) is 5.92 Å². The SMILES string of the molecule is CC(N)C(C)C(=O)NC(c1ccc(Cl)cc1)C1CCCC1.Cl. The molecular formula is C17H26Cl2N2O. The highest BCUT2D eigenvalue weighted by Crippen LogP contribution is 2.36. The zero-order valence-electron chi connectivity index (χ0n) is 13.2. The number of benzene rings is 1. The average molecular weight is 345 g/mol. The maximum atomic E-state index is 12.4. The molecule has 0 spiro atoms. The van der Waals surface area contributed by atoms with Crippen LogP contribution in [0.2, 0.25) is 5.02 Å². The van der Waals surface area contributed by atoms with Crippen molar-refractivity contribution >= 4 is 29.9 Å². The molecule has 1 fully saturated rings. The smallest absolute Gasteiger partial charge is 0.224 e. The Morgan fingerprint density at radius 1 is 1.23 bits per heavy atom. The van der Waals surface area contributed by atoms with E-state index in [4.69, 9.17) is 17.3 Å². The summed E-state index contributed by atoms with van der Waals surface area (Å²) in [5, 5.41) is 3.94. The fraction of sp³-hybridized carbons (Fsp3) is 0.588. The van der Waals surface area contributed by atoms with Crippen LogP contribution in [0.5, 0.6) is 0 Å². The highest BCUT2D eigenvalue weighted by molar-refractivity contribution is 6.30. The van der Waals surface area contributed by atoms with Crippen LogP contribution in [0.1, 0.15) is 51.1 Å². The molecule has 3 unspecified atom stereocenters. The van der Waals surface area contributed by atoms with E-state index in [1.54, 1.807) is 0 Å². The van der Waals surface area contributed by atoms with Gasteiger partial charge < -0.3 is 11.1 Å². The van der Waals surface area contributed by atoms with Crippen LogP contribution in [0.25, 0.3) is 0 Å². The Morgan fingerprint density at radius 3 is 2.27 bits per heavy atom. The predicted octanol–water partition coefficient (Wildman–Crippen LogP) is 4.09. The molecule has 1 aromatic carbocycles. The third-order valence-corrected chi connectivity index (χ3v) is 4.85. The topological polar surface area (TPSA) is 55.1 Å². The molecule has 0 bridgehead atoms. The molecule has 0 saturated heterocycles. The van der Waals surface area contributed by atoms with E-state index in [1.807, 2.05) is 38.1 Å². The Labute approximate surface area is 144 Å². The molecule has 0 radical (unpaired) electrons. The van der Waals surface area contributed by atoms with E-state index in [2.05, 4.69) is 5.32 Å². The van der Waals surface area contributed by atoms with Crippen molar-refractivity contribution in [2.75, 3.05) is 0 Å². The van der Waals surface area contributed by atoms with Crippen LogP contribution < -0.4 is 11.1 Å². The van der Waals surface area contributed by atoms with Crippen molar-refractivity contribution in [1.29, 1.82) is 0 Å². The number of carbonyl (C=O) groups is 1. The first kappa shape index (κ1) is 19.3. The van der Waals surface area contributed by atoms with Gasteiger partial charge in [0.05, 0.1) is 6.04 Å². The van der Waals surface area contributed by atoms with Crippen molar-refractivity contribution in [2.45, 2.75) is 51.6 Å². The third kappa shape index (κ3) is 4.87. The molecule has 1 aliphatic carbocycles. The second-order valence-corrected chi connectivity index (χ2v) is 6.67. The summed E-state index contributed by atoms with van der Waals surface area (Å²) in [6.45, 7) is 3.75. The minimum Gasteiger partial charge on any atom is -0.349 e. The van der Waals surface area contributed by atoms with Gasteiger partial charge in [-0.2, -0.15) is 0 Å². The lowest BCUT2D eigenvalue weighted by Gasteiger charge is -2.27. The first-order chi connectivity index (χ1) is 9.99.